The minimum absolute atomic E-state index is 0.299. The molecule has 10 heteroatoms. The van der Waals surface area contributed by atoms with Crippen LogP contribution in [0.3, 0.4) is 0 Å². The van der Waals surface area contributed by atoms with Gasteiger partial charge in [-0.15, -0.1) is 11.3 Å². The summed E-state index contributed by atoms with van der Waals surface area (Å²) in [6.07, 6.45) is 1.39. The SMILES string of the molecule is COC(=O)c1ccc(C(=O)Nc2ccc(N3CCN(C(=O)OC(C)(C)C)CC3)cn2)s1. The van der Waals surface area contributed by atoms with E-state index in [1.807, 2.05) is 26.8 Å². The summed E-state index contributed by atoms with van der Waals surface area (Å²) < 4.78 is 10.1. The van der Waals surface area contributed by atoms with E-state index < -0.39 is 11.6 Å². The number of pyridine rings is 1. The number of carbonyl (C=O) groups is 3. The molecular weight excluding hydrogens is 420 g/mol. The second-order valence-corrected chi connectivity index (χ2v) is 9.05. The Bertz CT molecular complexity index is 943. The van der Waals surface area contributed by atoms with Crippen LogP contribution in [0.15, 0.2) is 30.5 Å². The number of piperazine rings is 1. The van der Waals surface area contributed by atoms with E-state index in [4.69, 9.17) is 4.74 Å². The number of esters is 1. The smallest absolute Gasteiger partial charge is 0.410 e. The summed E-state index contributed by atoms with van der Waals surface area (Å²) in [6.45, 7) is 8.01. The third-order valence-electron chi connectivity index (χ3n) is 4.50. The van der Waals surface area contributed by atoms with E-state index in [0.717, 1.165) is 17.0 Å². The Balaban J connectivity index is 1.54. The number of ether oxygens (including phenoxy) is 2. The molecule has 3 rings (SSSR count). The molecule has 1 aliphatic rings. The first-order valence-electron chi connectivity index (χ1n) is 9.85. The zero-order valence-electron chi connectivity index (χ0n) is 18.0. The van der Waals surface area contributed by atoms with Gasteiger partial charge in [-0.1, -0.05) is 0 Å². The molecule has 166 valence electrons. The third kappa shape index (κ3) is 5.94. The maximum Gasteiger partial charge on any atom is 0.410 e. The topological polar surface area (TPSA) is 101 Å². The van der Waals surface area contributed by atoms with E-state index >= 15 is 0 Å². The van der Waals surface area contributed by atoms with Crippen LogP contribution in [0, 0.1) is 0 Å². The monoisotopic (exact) mass is 446 g/mol. The molecule has 2 aromatic heterocycles. The van der Waals surface area contributed by atoms with Crippen LogP contribution in [0.4, 0.5) is 16.3 Å². The zero-order valence-corrected chi connectivity index (χ0v) is 18.8. The summed E-state index contributed by atoms with van der Waals surface area (Å²) in [7, 11) is 1.30. The second kappa shape index (κ2) is 9.34. The number of thiophene rings is 1. The Hall–Kier alpha value is -3.14. The Morgan fingerprint density at radius 1 is 1.03 bits per heavy atom. The van der Waals surface area contributed by atoms with Crippen LogP contribution in [-0.2, 0) is 9.47 Å². The van der Waals surface area contributed by atoms with Crippen LogP contribution < -0.4 is 10.2 Å². The van der Waals surface area contributed by atoms with Gasteiger partial charge in [0.15, 0.2) is 0 Å². The van der Waals surface area contributed by atoms with Crippen molar-refractivity contribution in [3.63, 3.8) is 0 Å². The van der Waals surface area contributed by atoms with Gasteiger partial charge in [-0.05, 0) is 45.0 Å². The number of nitrogens with one attached hydrogen (secondary N) is 1. The predicted molar refractivity (Wildman–Crippen MR) is 118 cm³/mol. The molecule has 31 heavy (non-hydrogen) atoms. The molecule has 1 saturated heterocycles. The van der Waals surface area contributed by atoms with Crippen LogP contribution in [0.2, 0.25) is 0 Å². The lowest BCUT2D eigenvalue weighted by Crippen LogP contribution is -2.50. The van der Waals surface area contributed by atoms with Gasteiger partial charge in [-0.25, -0.2) is 14.6 Å². The van der Waals surface area contributed by atoms with Gasteiger partial charge in [0.05, 0.1) is 23.9 Å². The fraction of sp³-hybridized carbons (Fsp3) is 0.429. The van der Waals surface area contributed by atoms with Crippen LogP contribution >= 0.6 is 11.3 Å². The van der Waals surface area contributed by atoms with Crippen molar-refractivity contribution in [3.8, 4) is 0 Å². The summed E-state index contributed by atoms with van der Waals surface area (Å²) in [5, 5.41) is 2.72. The maximum atomic E-state index is 12.4. The fourth-order valence-corrected chi connectivity index (χ4v) is 3.79. The average molecular weight is 447 g/mol. The highest BCUT2D eigenvalue weighted by molar-refractivity contribution is 7.16. The molecule has 1 aliphatic heterocycles. The minimum atomic E-state index is -0.512. The summed E-state index contributed by atoms with van der Waals surface area (Å²) in [4.78, 5) is 45.0. The number of hydrogen-bond acceptors (Lipinski definition) is 8. The minimum Gasteiger partial charge on any atom is -0.465 e. The highest BCUT2D eigenvalue weighted by atomic mass is 32.1. The normalized spacial score (nSPS) is 14.2. The van der Waals surface area contributed by atoms with E-state index in [2.05, 4.69) is 19.9 Å². The molecule has 1 fully saturated rings. The molecule has 2 aromatic rings. The van der Waals surface area contributed by atoms with Gasteiger partial charge in [0.1, 0.15) is 16.3 Å². The quantitative estimate of drug-likeness (QED) is 0.720. The molecular formula is C21H26N4O5S. The molecule has 0 bridgehead atoms. The van der Waals surface area contributed by atoms with Gasteiger partial charge in [0.2, 0.25) is 0 Å². The lowest BCUT2D eigenvalue weighted by molar-refractivity contribution is 0.0240. The molecule has 0 aromatic carbocycles. The summed E-state index contributed by atoms with van der Waals surface area (Å²) in [6, 6.07) is 6.73. The second-order valence-electron chi connectivity index (χ2n) is 7.97. The van der Waals surface area contributed by atoms with E-state index in [1.54, 1.807) is 29.3 Å². The fourth-order valence-electron chi connectivity index (χ4n) is 2.97. The Kier molecular flexibility index (Phi) is 6.79. The Morgan fingerprint density at radius 2 is 1.71 bits per heavy atom. The predicted octanol–water partition coefficient (Wildman–Crippen LogP) is 3.24. The first-order valence-corrected chi connectivity index (χ1v) is 10.7. The number of aromatic nitrogens is 1. The molecule has 0 aliphatic carbocycles. The van der Waals surface area contributed by atoms with Gasteiger partial charge in [-0.2, -0.15) is 0 Å². The molecule has 0 spiro atoms. The van der Waals surface area contributed by atoms with Crippen LogP contribution in [0.1, 0.15) is 40.1 Å². The number of carbonyl (C=O) groups excluding carboxylic acids is 3. The van der Waals surface area contributed by atoms with Crippen LogP contribution in [0.5, 0.6) is 0 Å². The lowest BCUT2D eigenvalue weighted by Gasteiger charge is -2.36. The van der Waals surface area contributed by atoms with E-state index in [0.29, 0.717) is 41.8 Å². The lowest BCUT2D eigenvalue weighted by atomic mass is 10.2. The molecule has 0 atom stereocenters. The first-order chi connectivity index (χ1) is 14.7. The first kappa shape index (κ1) is 22.5. The third-order valence-corrected chi connectivity index (χ3v) is 5.57. The molecule has 9 nitrogen and oxygen atoms in total. The largest absolute Gasteiger partial charge is 0.465 e. The maximum absolute atomic E-state index is 12.4. The van der Waals surface area contributed by atoms with E-state index in [9.17, 15) is 14.4 Å². The molecule has 0 saturated carbocycles. The number of hydrogen-bond donors (Lipinski definition) is 1. The average Bonchev–Trinajstić information content (AvgIpc) is 3.23. The zero-order chi connectivity index (χ0) is 22.6. The highest BCUT2D eigenvalue weighted by Crippen LogP contribution is 2.21. The van der Waals surface area contributed by atoms with Crippen molar-refractivity contribution in [1.82, 2.24) is 9.88 Å². The summed E-state index contributed by atoms with van der Waals surface area (Å²) in [5.41, 5.74) is 0.397. The van der Waals surface area contributed by atoms with Crippen molar-refractivity contribution in [2.24, 2.45) is 0 Å². The van der Waals surface area contributed by atoms with Gasteiger partial charge in [-0.3, -0.25) is 4.79 Å². The van der Waals surface area contributed by atoms with E-state index in [1.165, 1.54) is 7.11 Å². The van der Waals surface area contributed by atoms with Crippen molar-refractivity contribution in [3.05, 3.63) is 40.2 Å². The van der Waals surface area contributed by atoms with Crippen LogP contribution in [0.25, 0.3) is 0 Å². The van der Waals surface area contributed by atoms with Gasteiger partial charge < -0.3 is 24.6 Å². The van der Waals surface area contributed by atoms with Crippen molar-refractivity contribution in [1.29, 1.82) is 0 Å². The summed E-state index contributed by atoms with van der Waals surface area (Å²) in [5.74, 6) is -0.404. The van der Waals surface area contributed by atoms with Crippen LogP contribution in [-0.4, -0.2) is 66.7 Å². The van der Waals surface area contributed by atoms with E-state index in [-0.39, 0.29) is 12.0 Å². The number of methoxy groups -OCH3 is 1. The Morgan fingerprint density at radius 3 is 2.29 bits per heavy atom. The van der Waals surface area contributed by atoms with Crippen molar-refractivity contribution < 1.29 is 23.9 Å². The standard InChI is InChI=1S/C21H26N4O5S/c1-21(2,3)30-20(28)25-11-9-24(10-12-25)14-5-8-17(22-13-14)23-18(26)15-6-7-16(31-15)19(27)29-4/h5-8,13H,9-12H2,1-4H3,(H,22,23,26). The van der Waals surface area contributed by atoms with Gasteiger partial charge in [0, 0.05) is 26.2 Å². The van der Waals surface area contributed by atoms with Crippen molar-refractivity contribution >= 4 is 40.8 Å². The van der Waals surface area contributed by atoms with Gasteiger partial charge in [0.25, 0.3) is 5.91 Å². The van der Waals surface area contributed by atoms with Gasteiger partial charge >= 0.3 is 12.1 Å². The molecule has 2 amide bonds. The Labute approximate surface area is 185 Å². The number of nitrogens with zero attached hydrogens (tertiary/aromatic N) is 3. The highest BCUT2D eigenvalue weighted by Gasteiger charge is 2.26. The molecule has 0 unspecified atom stereocenters. The number of anilines is 2. The number of amides is 2. The molecule has 0 radical (unpaired) electrons. The van der Waals surface area contributed by atoms with Crippen molar-refractivity contribution in [2.45, 2.75) is 26.4 Å². The molecule has 3 heterocycles. The number of rotatable bonds is 4. The van der Waals surface area contributed by atoms with Crippen molar-refractivity contribution in [2.75, 3.05) is 43.5 Å². The summed E-state index contributed by atoms with van der Waals surface area (Å²) >= 11 is 1.06. The molecule has 1 N–H and O–H groups in total.